The van der Waals surface area contributed by atoms with E-state index in [-0.39, 0.29) is 23.9 Å². The van der Waals surface area contributed by atoms with E-state index >= 15 is 0 Å². The first kappa shape index (κ1) is 15.7. The molecule has 0 atom stereocenters. The van der Waals surface area contributed by atoms with Crippen LogP contribution in [0, 0.1) is 0 Å². The maximum absolute atomic E-state index is 12.9. The molecule has 0 aliphatic heterocycles. The number of alkyl halides is 3. The van der Waals surface area contributed by atoms with Gasteiger partial charge in [0.25, 0.3) is 5.89 Å². The van der Waals surface area contributed by atoms with Gasteiger partial charge in [-0.1, -0.05) is 18.2 Å². The number of nitrogens with zero attached hydrogens (tertiary/aromatic N) is 3. The van der Waals surface area contributed by atoms with Gasteiger partial charge in [-0.3, -0.25) is 0 Å². The van der Waals surface area contributed by atoms with Crippen LogP contribution in [0.25, 0.3) is 11.5 Å². The van der Waals surface area contributed by atoms with Crippen molar-refractivity contribution in [3.8, 4) is 11.5 Å². The second-order valence-corrected chi connectivity index (χ2v) is 4.72. The summed E-state index contributed by atoms with van der Waals surface area (Å²) in [6.45, 7) is -0.0908. The molecule has 7 nitrogen and oxygen atoms in total. The van der Waals surface area contributed by atoms with E-state index in [1.165, 1.54) is 30.6 Å². The van der Waals surface area contributed by atoms with Gasteiger partial charge in [-0.25, -0.2) is 19.9 Å². The van der Waals surface area contributed by atoms with E-state index in [1.54, 1.807) is 0 Å². The summed E-state index contributed by atoms with van der Waals surface area (Å²) in [5, 5.41) is 8.43. The highest BCUT2D eigenvalue weighted by Crippen LogP contribution is 2.32. The molecule has 0 unspecified atom stereocenters. The van der Waals surface area contributed by atoms with Crippen molar-refractivity contribution in [3.63, 3.8) is 0 Å². The lowest BCUT2D eigenvalue weighted by Crippen LogP contribution is -2.12. The molecular formula is C14H10F3N5O2. The molecule has 0 spiro atoms. The van der Waals surface area contributed by atoms with Crippen molar-refractivity contribution in [2.24, 2.45) is 0 Å². The van der Waals surface area contributed by atoms with Gasteiger partial charge in [0.15, 0.2) is 0 Å². The number of H-pyrrole nitrogens is 1. The van der Waals surface area contributed by atoms with Crippen LogP contribution in [0.15, 0.2) is 45.9 Å². The monoisotopic (exact) mass is 337 g/mol. The van der Waals surface area contributed by atoms with Crippen molar-refractivity contribution in [3.05, 3.63) is 58.3 Å². The van der Waals surface area contributed by atoms with E-state index in [9.17, 15) is 18.0 Å². The topological polar surface area (TPSA) is 96.7 Å². The second-order valence-electron chi connectivity index (χ2n) is 4.72. The zero-order valence-electron chi connectivity index (χ0n) is 12.0. The summed E-state index contributed by atoms with van der Waals surface area (Å²) in [5.74, 6) is -0.557. The standard InChI is InChI=1S/C14H10F3N5O2/c15-14(16,17)10-4-2-1-3-8(10)5-18-12-19-6-9(7-20-12)11-21-22-13(23)24-11/h1-4,6-7H,5H2,(H,22,23)(H,18,19,20). The largest absolute Gasteiger partial charge is 0.434 e. The Morgan fingerprint density at radius 1 is 1.17 bits per heavy atom. The van der Waals surface area contributed by atoms with Crippen molar-refractivity contribution >= 4 is 5.95 Å². The quantitative estimate of drug-likeness (QED) is 0.759. The third-order valence-corrected chi connectivity index (χ3v) is 3.10. The summed E-state index contributed by atoms with van der Waals surface area (Å²) in [5.41, 5.74) is -0.280. The molecule has 0 aliphatic carbocycles. The fourth-order valence-electron chi connectivity index (χ4n) is 2.01. The number of aromatic nitrogens is 4. The van der Waals surface area contributed by atoms with Crippen molar-refractivity contribution in [2.75, 3.05) is 5.32 Å². The average molecular weight is 337 g/mol. The third kappa shape index (κ3) is 3.42. The predicted molar refractivity (Wildman–Crippen MR) is 76.9 cm³/mol. The van der Waals surface area contributed by atoms with Crippen molar-refractivity contribution in [1.82, 2.24) is 20.2 Å². The minimum atomic E-state index is -4.43. The zero-order valence-corrected chi connectivity index (χ0v) is 12.0. The maximum Gasteiger partial charge on any atom is 0.434 e. The highest BCUT2D eigenvalue weighted by molar-refractivity contribution is 5.50. The number of halogens is 3. The number of nitrogens with one attached hydrogen (secondary N) is 2. The fraction of sp³-hybridized carbons (Fsp3) is 0.143. The van der Waals surface area contributed by atoms with Gasteiger partial charge in [-0.15, -0.1) is 5.10 Å². The highest BCUT2D eigenvalue weighted by atomic mass is 19.4. The van der Waals surface area contributed by atoms with E-state index in [0.29, 0.717) is 5.56 Å². The smallest absolute Gasteiger partial charge is 0.388 e. The zero-order chi connectivity index (χ0) is 17.2. The van der Waals surface area contributed by atoms with Crippen LogP contribution in [0.1, 0.15) is 11.1 Å². The molecule has 1 aromatic carbocycles. The molecule has 2 N–H and O–H groups in total. The van der Waals surface area contributed by atoms with Crippen LogP contribution in [0.2, 0.25) is 0 Å². The molecular weight excluding hydrogens is 327 g/mol. The summed E-state index contributed by atoms with van der Waals surface area (Å²) in [4.78, 5) is 18.8. The van der Waals surface area contributed by atoms with E-state index in [1.807, 2.05) is 0 Å². The lowest BCUT2D eigenvalue weighted by atomic mass is 10.1. The predicted octanol–water partition coefficient (Wildman–Crippen LogP) is 2.45. The summed E-state index contributed by atoms with van der Waals surface area (Å²) >= 11 is 0. The molecule has 0 radical (unpaired) electrons. The first-order valence-electron chi connectivity index (χ1n) is 6.70. The van der Waals surface area contributed by atoms with E-state index in [2.05, 4.69) is 25.5 Å². The molecule has 0 fully saturated rings. The molecule has 24 heavy (non-hydrogen) atoms. The fourth-order valence-corrected chi connectivity index (χ4v) is 2.01. The lowest BCUT2D eigenvalue weighted by molar-refractivity contribution is -0.138. The van der Waals surface area contributed by atoms with Gasteiger partial charge in [0.05, 0.1) is 11.1 Å². The van der Waals surface area contributed by atoms with Gasteiger partial charge in [-0.2, -0.15) is 13.2 Å². The SMILES string of the molecule is O=c1[nH]nc(-c2cnc(NCc3ccccc3C(F)(F)F)nc2)o1. The van der Waals surface area contributed by atoms with Crippen LogP contribution in [0.4, 0.5) is 19.1 Å². The molecule has 10 heteroatoms. The Morgan fingerprint density at radius 3 is 2.50 bits per heavy atom. The van der Waals surface area contributed by atoms with Gasteiger partial charge < -0.3 is 9.73 Å². The van der Waals surface area contributed by atoms with Gasteiger partial charge >= 0.3 is 11.9 Å². The van der Waals surface area contributed by atoms with Crippen LogP contribution in [0.5, 0.6) is 0 Å². The minimum absolute atomic E-state index is 0.0222. The molecule has 0 amide bonds. The normalized spacial score (nSPS) is 11.5. The third-order valence-electron chi connectivity index (χ3n) is 3.10. The lowest BCUT2D eigenvalue weighted by Gasteiger charge is -2.13. The van der Waals surface area contributed by atoms with Crippen molar-refractivity contribution < 1.29 is 17.6 Å². The minimum Gasteiger partial charge on any atom is -0.388 e. The molecule has 0 saturated heterocycles. The van der Waals surface area contributed by atoms with Gasteiger partial charge in [0, 0.05) is 18.9 Å². The second kappa shape index (κ2) is 6.14. The van der Waals surface area contributed by atoms with E-state index in [0.717, 1.165) is 6.07 Å². The number of hydrogen-bond donors (Lipinski definition) is 2. The van der Waals surface area contributed by atoms with Gasteiger partial charge in [-0.05, 0) is 11.6 Å². The Kier molecular flexibility index (Phi) is 4.02. The van der Waals surface area contributed by atoms with Gasteiger partial charge in [0.2, 0.25) is 5.95 Å². The van der Waals surface area contributed by atoms with Crippen LogP contribution in [0.3, 0.4) is 0 Å². The number of aromatic amines is 1. The van der Waals surface area contributed by atoms with E-state index < -0.39 is 17.5 Å². The van der Waals surface area contributed by atoms with Crippen LogP contribution < -0.4 is 11.1 Å². The van der Waals surface area contributed by atoms with Gasteiger partial charge in [0.1, 0.15) is 0 Å². The Labute approximate surface area is 132 Å². The number of anilines is 1. The average Bonchev–Trinajstić information content (AvgIpc) is 2.99. The maximum atomic E-state index is 12.9. The van der Waals surface area contributed by atoms with Crippen molar-refractivity contribution in [2.45, 2.75) is 12.7 Å². The number of hydrogen-bond acceptors (Lipinski definition) is 6. The summed E-state index contributed by atoms with van der Waals surface area (Å²) in [6.07, 6.45) is -1.76. The Hall–Kier alpha value is -3.17. The molecule has 124 valence electrons. The number of benzene rings is 1. The van der Waals surface area contributed by atoms with Crippen LogP contribution in [-0.4, -0.2) is 20.2 Å². The van der Waals surface area contributed by atoms with E-state index in [4.69, 9.17) is 4.42 Å². The van der Waals surface area contributed by atoms with Crippen LogP contribution in [-0.2, 0) is 12.7 Å². The Bertz CT molecular complexity index is 886. The van der Waals surface area contributed by atoms with Crippen LogP contribution >= 0.6 is 0 Å². The summed E-state index contributed by atoms with van der Waals surface area (Å²) < 4.78 is 43.5. The first-order chi connectivity index (χ1) is 11.4. The molecule has 2 heterocycles. The molecule has 3 rings (SSSR count). The number of rotatable bonds is 4. The molecule has 0 aliphatic rings. The highest BCUT2D eigenvalue weighted by Gasteiger charge is 2.32. The van der Waals surface area contributed by atoms with Crippen molar-refractivity contribution in [1.29, 1.82) is 0 Å². The molecule has 2 aromatic heterocycles. The molecule has 0 bridgehead atoms. The molecule has 0 saturated carbocycles. The Balaban J connectivity index is 1.73. The summed E-state index contributed by atoms with van der Waals surface area (Å²) in [6, 6.07) is 5.24. The first-order valence-corrected chi connectivity index (χ1v) is 6.70. The molecule has 3 aromatic rings. The Morgan fingerprint density at radius 2 is 1.88 bits per heavy atom. The summed E-state index contributed by atoms with van der Waals surface area (Å²) in [7, 11) is 0.